The number of nitrogens with zero attached hydrogens (tertiary/aromatic N) is 1. The summed E-state index contributed by atoms with van der Waals surface area (Å²) in [5, 5.41) is 5.65. The van der Waals surface area contributed by atoms with Crippen molar-refractivity contribution in [3.63, 3.8) is 0 Å². The van der Waals surface area contributed by atoms with E-state index in [-0.39, 0.29) is 24.4 Å². The van der Waals surface area contributed by atoms with E-state index in [4.69, 9.17) is 0 Å². The van der Waals surface area contributed by atoms with Gasteiger partial charge in [0.15, 0.2) is 0 Å². The van der Waals surface area contributed by atoms with E-state index in [1.54, 1.807) is 14.0 Å². The molecule has 0 aromatic heterocycles. The van der Waals surface area contributed by atoms with Gasteiger partial charge in [0.05, 0.1) is 11.4 Å². The predicted octanol–water partition coefficient (Wildman–Crippen LogP) is 1.34. The Kier molecular flexibility index (Phi) is 3.56. The van der Waals surface area contributed by atoms with Crippen LogP contribution in [0.15, 0.2) is 22.7 Å². The molecule has 18 heavy (non-hydrogen) atoms. The summed E-state index contributed by atoms with van der Waals surface area (Å²) in [6, 6.07) is 5.23. The van der Waals surface area contributed by atoms with Gasteiger partial charge in [-0.25, -0.2) is 0 Å². The molecule has 0 spiro atoms. The van der Waals surface area contributed by atoms with E-state index in [0.717, 1.165) is 15.8 Å². The van der Waals surface area contributed by atoms with Crippen LogP contribution in [0.5, 0.6) is 0 Å². The van der Waals surface area contributed by atoms with Gasteiger partial charge in [-0.2, -0.15) is 0 Å². The molecule has 1 aliphatic heterocycles. The van der Waals surface area contributed by atoms with Gasteiger partial charge >= 0.3 is 0 Å². The summed E-state index contributed by atoms with van der Waals surface area (Å²) >= 11 is 3.39. The lowest BCUT2D eigenvalue weighted by molar-refractivity contribution is -0.123. The number of fused-ring (bicyclic) bond motifs is 1. The molecule has 0 saturated carbocycles. The molecule has 1 aromatic carbocycles. The minimum Gasteiger partial charge on any atom is -0.372 e. The second-order valence-corrected chi connectivity index (χ2v) is 5.04. The molecule has 6 heteroatoms. The lowest BCUT2D eigenvalue weighted by atomic mass is 10.1. The van der Waals surface area contributed by atoms with E-state index in [1.807, 2.05) is 18.2 Å². The predicted molar refractivity (Wildman–Crippen MR) is 73.6 cm³/mol. The number of hydrogen-bond donors (Lipinski definition) is 2. The van der Waals surface area contributed by atoms with E-state index < -0.39 is 0 Å². The van der Waals surface area contributed by atoms with Crippen LogP contribution in [0, 0.1) is 0 Å². The Labute approximate surface area is 114 Å². The van der Waals surface area contributed by atoms with Gasteiger partial charge < -0.3 is 10.6 Å². The van der Waals surface area contributed by atoms with Gasteiger partial charge in [-0.05, 0) is 25.1 Å². The number of nitrogens with one attached hydrogen (secondary N) is 2. The number of hydrogen-bond acceptors (Lipinski definition) is 3. The molecule has 2 amide bonds. The molecule has 1 atom stereocenters. The van der Waals surface area contributed by atoms with Crippen LogP contribution in [0.2, 0.25) is 0 Å². The number of carbonyl (C=O) groups is 2. The Morgan fingerprint density at radius 1 is 1.56 bits per heavy atom. The molecule has 1 aliphatic rings. The van der Waals surface area contributed by atoms with Crippen LogP contribution in [0.25, 0.3) is 0 Å². The highest BCUT2D eigenvalue weighted by Crippen LogP contribution is 2.33. The maximum atomic E-state index is 12.1. The number of likely N-dealkylation sites (N-methyl/N-ethyl adjacent to an activating group) is 1. The average Bonchev–Trinajstić information content (AvgIpc) is 2.34. The van der Waals surface area contributed by atoms with Gasteiger partial charge in [0, 0.05) is 11.5 Å². The van der Waals surface area contributed by atoms with Crippen LogP contribution in [0.4, 0.5) is 11.4 Å². The first-order chi connectivity index (χ1) is 8.52. The molecule has 1 aromatic rings. The number of amides is 2. The molecule has 0 bridgehead atoms. The number of halogens is 1. The van der Waals surface area contributed by atoms with Crippen LogP contribution in [0.3, 0.4) is 0 Å². The van der Waals surface area contributed by atoms with Crippen molar-refractivity contribution in [2.75, 3.05) is 23.8 Å². The fraction of sp³-hybridized carbons (Fsp3) is 0.333. The summed E-state index contributed by atoms with van der Waals surface area (Å²) in [6.07, 6.45) is 0. The van der Waals surface area contributed by atoms with Gasteiger partial charge in [-0.3, -0.25) is 14.5 Å². The Hall–Kier alpha value is -1.56. The molecule has 0 aliphatic carbocycles. The maximum Gasteiger partial charge on any atom is 0.249 e. The first kappa shape index (κ1) is 12.9. The molecule has 0 radical (unpaired) electrons. The number of anilines is 2. The van der Waals surface area contributed by atoms with Crippen LogP contribution in [-0.4, -0.2) is 31.4 Å². The van der Waals surface area contributed by atoms with Crippen molar-refractivity contribution in [1.29, 1.82) is 0 Å². The van der Waals surface area contributed by atoms with Crippen molar-refractivity contribution in [3.8, 4) is 0 Å². The molecule has 0 saturated heterocycles. The van der Waals surface area contributed by atoms with Gasteiger partial charge in [0.25, 0.3) is 0 Å². The first-order valence-electron chi connectivity index (χ1n) is 5.61. The molecule has 96 valence electrons. The van der Waals surface area contributed by atoms with E-state index >= 15 is 0 Å². The van der Waals surface area contributed by atoms with Crippen LogP contribution in [0.1, 0.15) is 6.92 Å². The molecule has 1 unspecified atom stereocenters. The van der Waals surface area contributed by atoms with Crippen LogP contribution >= 0.6 is 15.9 Å². The third-order valence-corrected chi connectivity index (χ3v) is 3.33. The molecule has 2 N–H and O–H groups in total. The summed E-state index contributed by atoms with van der Waals surface area (Å²) in [4.78, 5) is 25.1. The largest absolute Gasteiger partial charge is 0.372 e. The highest BCUT2D eigenvalue weighted by molar-refractivity contribution is 9.10. The van der Waals surface area contributed by atoms with Crippen molar-refractivity contribution in [1.82, 2.24) is 5.32 Å². The fourth-order valence-electron chi connectivity index (χ4n) is 1.89. The van der Waals surface area contributed by atoms with E-state index in [0.29, 0.717) is 0 Å². The number of benzene rings is 1. The maximum absolute atomic E-state index is 12.1. The van der Waals surface area contributed by atoms with Crippen molar-refractivity contribution < 1.29 is 9.59 Å². The van der Waals surface area contributed by atoms with Crippen molar-refractivity contribution in [3.05, 3.63) is 22.7 Å². The van der Waals surface area contributed by atoms with Crippen LogP contribution in [-0.2, 0) is 9.59 Å². The highest BCUT2D eigenvalue weighted by atomic mass is 79.9. The first-order valence-corrected chi connectivity index (χ1v) is 6.40. The second-order valence-electron chi connectivity index (χ2n) is 4.13. The molecular formula is C12H14BrN3O2. The summed E-state index contributed by atoms with van der Waals surface area (Å²) in [6.45, 7) is 1.82. The topological polar surface area (TPSA) is 61.4 Å². The Bertz CT molecular complexity index is 504. The van der Waals surface area contributed by atoms with Gasteiger partial charge in [0.2, 0.25) is 11.8 Å². The zero-order chi connectivity index (χ0) is 13.3. The van der Waals surface area contributed by atoms with Gasteiger partial charge in [0.1, 0.15) is 12.6 Å². The second kappa shape index (κ2) is 4.97. The number of rotatable bonds is 2. The Balaban J connectivity index is 2.39. The molecule has 0 fully saturated rings. The summed E-state index contributed by atoms with van der Waals surface area (Å²) in [7, 11) is 1.56. The smallest absolute Gasteiger partial charge is 0.249 e. The normalized spacial score (nSPS) is 18.1. The molecule has 2 rings (SSSR count). The molecular weight excluding hydrogens is 298 g/mol. The Morgan fingerprint density at radius 3 is 2.94 bits per heavy atom. The Morgan fingerprint density at radius 2 is 2.28 bits per heavy atom. The monoisotopic (exact) mass is 311 g/mol. The van der Waals surface area contributed by atoms with Gasteiger partial charge in [-0.15, -0.1) is 0 Å². The van der Waals surface area contributed by atoms with Crippen LogP contribution < -0.4 is 15.5 Å². The lowest BCUT2D eigenvalue weighted by Gasteiger charge is -2.33. The molecule has 1 heterocycles. The zero-order valence-corrected chi connectivity index (χ0v) is 11.7. The SMILES string of the molecule is CNC(=O)CN1C(=O)C(C)Nc2cc(Br)ccc21. The lowest BCUT2D eigenvalue weighted by Crippen LogP contribution is -2.49. The average molecular weight is 312 g/mol. The fourth-order valence-corrected chi connectivity index (χ4v) is 2.25. The van der Waals surface area contributed by atoms with Crippen molar-refractivity contribution >= 4 is 39.1 Å². The van der Waals surface area contributed by atoms with E-state index in [9.17, 15) is 9.59 Å². The van der Waals surface area contributed by atoms with Crippen molar-refractivity contribution in [2.24, 2.45) is 0 Å². The minimum absolute atomic E-state index is 0.0377. The zero-order valence-electron chi connectivity index (χ0n) is 10.2. The third kappa shape index (κ3) is 2.33. The quantitative estimate of drug-likeness (QED) is 0.866. The summed E-state index contributed by atoms with van der Waals surface area (Å²) in [5.74, 6) is -0.292. The summed E-state index contributed by atoms with van der Waals surface area (Å²) < 4.78 is 0.926. The van der Waals surface area contributed by atoms with Gasteiger partial charge in [-0.1, -0.05) is 15.9 Å². The van der Waals surface area contributed by atoms with E-state index in [1.165, 1.54) is 4.90 Å². The summed E-state index contributed by atoms with van der Waals surface area (Å²) in [5.41, 5.74) is 1.57. The minimum atomic E-state index is -0.337. The van der Waals surface area contributed by atoms with E-state index in [2.05, 4.69) is 26.6 Å². The highest BCUT2D eigenvalue weighted by Gasteiger charge is 2.30. The molecule has 5 nitrogen and oxygen atoms in total. The number of carbonyl (C=O) groups excluding carboxylic acids is 2. The standard InChI is InChI=1S/C12H14BrN3O2/c1-7-12(18)16(6-11(17)14-2)10-4-3-8(13)5-9(10)15-7/h3-5,7,15H,6H2,1-2H3,(H,14,17). The van der Waals surface area contributed by atoms with Crippen molar-refractivity contribution in [2.45, 2.75) is 13.0 Å². The third-order valence-electron chi connectivity index (χ3n) is 2.84.